The van der Waals surface area contributed by atoms with Crippen molar-refractivity contribution < 1.29 is 19.1 Å². The molecular formula is C26H48N2O4. The minimum absolute atomic E-state index is 0.0437. The normalized spacial score (nSPS) is 19.3. The molecule has 2 aliphatic carbocycles. The lowest BCUT2D eigenvalue weighted by atomic mass is 9.93. The number of esters is 1. The smallest absolute Gasteiger partial charge is 0.331 e. The molecule has 2 amide bonds. The molecule has 2 aliphatic rings. The molecule has 0 radical (unpaired) electrons. The van der Waals surface area contributed by atoms with E-state index in [4.69, 9.17) is 4.74 Å². The monoisotopic (exact) mass is 452 g/mol. The Morgan fingerprint density at radius 1 is 1.06 bits per heavy atom. The van der Waals surface area contributed by atoms with E-state index in [9.17, 15) is 14.4 Å². The number of hydrogen-bond acceptors (Lipinski definition) is 4. The van der Waals surface area contributed by atoms with Crippen molar-refractivity contribution in [3.8, 4) is 0 Å². The van der Waals surface area contributed by atoms with Gasteiger partial charge in [0.15, 0.2) is 0 Å². The van der Waals surface area contributed by atoms with E-state index in [0.29, 0.717) is 32.4 Å². The van der Waals surface area contributed by atoms with Crippen molar-refractivity contribution in [2.45, 2.75) is 91.5 Å². The van der Waals surface area contributed by atoms with Gasteiger partial charge in [-0.15, -0.1) is 19.7 Å². The van der Waals surface area contributed by atoms with Gasteiger partial charge < -0.3 is 15.0 Å². The zero-order valence-electron chi connectivity index (χ0n) is 21.5. The first-order valence-electron chi connectivity index (χ1n) is 12.3. The van der Waals surface area contributed by atoms with Crippen LogP contribution in [0.1, 0.15) is 86.0 Å². The highest BCUT2D eigenvalue weighted by atomic mass is 16.5. The number of nitrogens with zero attached hydrogens (tertiary/aromatic N) is 1. The highest BCUT2D eigenvalue weighted by molar-refractivity contribution is 5.94. The van der Waals surface area contributed by atoms with Gasteiger partial charge >= 0.3 is 5.97 Å². The summed E-state index contributed by atoms with van der Waals surface area (Å²) < 4.78 is 5.07. The van der Waals surface area contributed by atoms with Gasteiger partial charge in [0.2, 0.25) is 11.8 Å². The first-order chi connectivity index (χ1) is 15.4. The van der Waals surface area contributed by atoms with Crippen molar-refractivity contribution in [1.29, 1.82) is 0 Å². The van der Waals surface area contributed by atoms with Crippen LogP contribution in [0.4, 0.5) is 0 Å². The number of ether oxygens (including phenoxy) is 1. The van der Waals surface area contributed by atoms with Crippen LogP contribution < -0.4 is 5.32 Å². The molecule has 0 bridgehead atoms. The van der Waals surface area contributed by atoms with Crippen LogP contribution in [0.2, 0.25) is 0 Å². The van der Waals surface area contributed by atoms with Gasteiger partial charge in [-0.3, -0.25) is 9.59 Å². The minimum Gasteiger partial charge on any atom is -0.464 e. The Labute approximate surface area is 196 Å². The maximum Gasteiger partial charge on any atom is 0.331 e. The van der Waals surface area contributed by atoms with E-state index < -0.39 is 5.54 Å². The summed E-state index contributed by atoms with van der Waals surface area (Å²) in [7, 11) is 1.81. The SMILES string of the molecule is C=C.C=CCCCCN(C)C(=O)[C@@H]1CCCC1C(=O)NC1(C(=O)OCC)CC1.CC.CC. The second kappa shape index (κ2) is 18.5. The fourth-order valence-corrected chi connectivity index (χ4v) is 3.70. The average molecular weight is 453 g/mol. The number of carbonyl (C=O) groups is 3. The number of rotatable bonds is 10. The van der Waals surface area contributed by atoms with Crippen LogP contribution in [0.25, 0.3) is 0 Å². The maximum atomic E-state index is 12.8. The molecule has 6 nitrogen and oxygen atoms in total. The third-order valence-corrected chi connectivity index (χ3v) is 5.48. The lowest BCUT2D eigenvalue weighted by Gasteiger charge is -2.26. The Hall–Kier alpha value is -2.11. The summed E-state index contributed by atoms with van der Waals surface area (Å²) in [6.07, 6.45) is 8.32. The fourth-order valence-electron chi connectivity index (χ4n) is 3.70. The minimum atomic E-state index is -0.847. The van der Waals surface area contributed by atoms with E-state index in [0.717, 1.165) is 32.1 Å². The summed E-state index contributed by atoms with van der Waals surface area (Å²) >= 11 is 0. The molecule has 0 heterocycles. The van der Waals surface area contributed by atoms with Crippen LogP contribution in [0.3, 0.4) is 0 Å². The Bertz CT molecular complexity index is 558. The number of carbonyl (C=O) groups excluding carboxylic acids is 3. The molecule has 2 fully saturated rings. The zero-order valence-corrected chi connectivity index (χ0v) is 21.5. The molecular weight excluding hydrogens is 404 g/mol. The van der Waals surface area contributed by atoms with Crippen LogP contribution in [-0.2, 0) is 19.1 Å². The van der Waals surface area contributed by atoms with Gasteiger partial charge in [0, 0.05) is 25.4 Å². The van der Waals surface area contributed by atoms with Crippen molar-refractivity contribution in [2.75, 3.05) is 20.2 Å². The zero-order chi connectivity index (χ0) is 25.2. The van der Waals surface area contributed by atoms with Gasteiger partial charge in [0.1, 0.15) is 5.54 Å². The molecule has 1 unspecified atom stereocenters. The number of unbranched alkanes of at least 4 members (excludes halogenated alkanes) is 2. The summed E-state index contributed by atoms with van der Waals surface area (Å²) in [5.74, 6) is -1.11. The number of hydrogen-bond donors (Lipinski definition) is 1. The molecule has 0 aromatic rings. The van der Waals surface area contributed by atoms with Gasteiger partial charge in [-0.1, -0.05) is 40.2 Å². The van der Waals surface area contributed by atoms with Crippen molar-refractivity contribution in [3.63, 3.8) is 0 Å². The van der Waals surface area contributed by atoms with E-state index in [-0.39, 0.29) is 29.6 Å². The molecule has 2 saturated carbocycles. The van der Waals surface area contributed by atoms with Crippen molar-refractivity contribution in [2.24, 2.45) is 11.8 Å². The highest BCUT2D eigenvalue weighted by Crippen LogP contribution is 2.39. The highest BCUT2D eigenvalue weighted by Gasteiger charge is 2.54. The molecule has 186 valence electrons. The lowest BCUT2D eigenvalue weighted by Crippen LogP contribution is -2.48. The Morgan fingerprint density at radius 2 is 1.62 bits per heavy atom. The topological polar surface area (TPSA) is 75.7 Å². The van der Waals surface area contributed by atoms with E-state index >= 15 is 0 Å². The summed E-state index contributed by atoms with van der Waals surface area (Å²) in [5, 5.41) is 2.88. The maximum absolute atomic E-state index is 12.8. The third kappa shape index (κ3) is 10.0. The van der Waals surface area contributed by atoms with Gasteiger partial charge in [-0.05, 0) is 51.9 Å². The predicted octanol–water partition coefficient (Wildman–Crippen LogP) is 5.28. The van der Waals surface area contributed by atoms with Crippen LogP contribution in [0.15, 0.2) is 25.8 Å². The van der Waals surface area contributed by atoms with E-state index in [1.54, 1.807) is 11.8 Å². The molecule has 6 heteroatoms. The summed E-state index contributed by atoms with van der Waals surface area (Å²) in [6, 6.07) is 0. The van der Waals surface area contributed by atoms with Crippen LogP contribution in [0, 0.1) is 11.8 Å². The second-order valence-electron chi connectivity index (χ2n) is 7.48. The van der Waals surface area contributed by atoms with Gasteiger partial charge in [-0.2, -0.15) is 0 Å². The van der Waals surface area contributed by atoms with E-state index in [2.05, 4.69) is 25.1 Å². The van der Waals surface area contributed by atoms with E-state index in [1.165, 1.54) is 0 Å². The van der Waals surface area contributed by atoms with Gasteiger partial charge in [0.05, 0.1) is 6.61 Å². The number of allylic oxidation sites excluding steroid dienone is 1. The van der Waals surface area contributed by atoms with Crippen LogP contribution in [-0.4, -0.2) is 48.4 Å². The molecule has 1 N–H and O–H groups in total. The molecule has 2 atom stereocenters. The van der Waals surface area contributed by atoms with Crippen LogP contribution >= 0.6 is 0 Å². The van der Waals surface area contributed by atoms with Crippen molar-refractivity contribution in [1.82, 2.24) is 10.2 Å². The van der Waals surface area contributed by atoms with Crippen molar-refractivity contribution in [3.05, 3.63) is 25.8 Å². The first kappa shape index (κ1) is 32.1. The average Bonchev–Trinajstić information content (AvgIpc) is 3.45. The Morgan fingerprint density at radius 3 is 2.12 bits per heavy atom. The Kier molecular flexibility index (Phi) is 18.5. The molecule has 2 rings (SSSR count). The standard InChI is InChI=1S/C20H32N2O4.2C2H6.C2H4/c1-4-6-7-8-14-22(3)18(24)16-11-9-10-15(16)17(23)21-20(12-13-20)19(25)26-5-2;3*1-2/h4,15-16H,1,5-14H2,2-3H3,(H,21,23);2*1-2H3;1-2H2/t15?,16-;;;/m1.../s1. The third-order valence-electron chi connectivity index (χ3n) is 5.48. The largest absolute Gasteiger partial charge is 0.464 e. The predicted molar refractivity (Wildman–Crippen MR) is 133 cm³/mol. The second-order valence-corrected chi connectivity index (χ2v) is 7.48. The van der Waals surface area contributed by atoms with Crippen molar-refractivity contribution >= 4 is 17.8 Å². The van der Waals surface area contributed by atoms with Gasteiger partial charge in [0.25, 0.3) is 0 Å². The summed E-state index contributed by atoms with van der Waals surface area (Å²) in [6.45, 7) is 20.5. The molecule has 0 aromatic heterocycles. The molecule has 32 heavy (non-hydrogen) atoms. The number of nitrogens with one attached hydrogen (secondary N) is 1. The van der Waals surface area contributed by atoms with Crippen LogP contribution in [0.5, 0.6) is 0 Å². The Balaban J connectivity index is 0. The lowest BCUT2D eigenvalue weighted by molar-refractivity contribution is -0.149. The summed E-state index contributed by atoms with van der Waals surface area (Å²) in [5.41, 5.74) is -0.847. The number of amides is 2. The van der Waals surface area contributed by atoms with Gasteiger partial charge in [-0.25, -0.2) is 4.79 Å². The van der Waals surface area contributed by atoms with E-state index in [1.807, 2.05) is 40.8 Å². The first-order valence-corrected chi connectivity index (χ1v) is 12.3. The quantitative estimate of drug-likeness (QED) is 0.278. The fraction of sp³-hybridized carbons (Fsp3) is 0.731. The summed E-state index contributed by atoms with van der Waals surface area (Å²) in [4.78, 5) is 39.3. The molecule has 0 saturated heterocycles. The molecule has 0 aromatic carbocycles. The molecule has 0 aliphatic heterocycles. The molecule has 0 spiro atoms.